The van der Waals surface area contributed by atoms with Crippen molar-refractivity contribution in [1.29, 1.82) is 0 Å². The molecule has 1 aromatic rings. The zero-order chi connectivity index (χ0) is 14.0. The van der Waals surface area contributed by atoms with Crippen LogP contribution < -0.4 is 0 Å². The quantitative estimate of drug-likeness (QED) is 0.561. The van der Waals surface area contributed by atoms with Crippen molar-refractivity contribution in [2.24, 2.45) is 0 Å². The Morgan fingerprint density at radius 1 is 1.26 bits per heavy atom. The van der Waals surface area contributed by atoms with E-state index in [1.807, 2.05) is 0 Å². The average molecular weight is 302 g/mol. The second-order valence-corrected chi connectivity index (χ2v) is 6.32. The van der Waals surface area contributed by atoms with E-state index in [1.54, 1.807) is 14.1 Å². The molecule has 2 nitrogen and oxygen atoms in total. The van der Waals surface area contributed by atoms with Crippen LogP contribution in [0, 0.1) is 5.82 Å². The van der Waals surface area contributed by atoms with Crippen molar-refractivity contribution in [2.75, 3.05) is 14.1 Å². The number of rotatable bonds is 1. The van der Waals surface area contributed by atoms with Crippen LogP contribution >= 0.6 is 23.4 Å². The van der Waals surface area contributed by atoms with Gasteiger partial charge in [-0.15, -0.1) is 0 Å². The molecule has 104 valence electrons. The van der Waals surface area contributed by atoms with Crippen LogP contribution in [0.1, 0.15) is 30.4 Å². The van der Waals surface area contributed by atoms with Crippen LogP contribution in [0.5, 0.6) is 0 Å². The maximum absolute atomic E-state index is 14.0. The molecule has 1 aliphatic carbocycles. The Labute approximate surface area is 122 Å². The minimum absolute atomic E-state index is 0.0834. The number of carbonyl (C=O) groups excluding carboxylic acids is 1. The van der Waals surface area contributed by atoms with E-state index in [0.29, 0.717) is 5.02 Å². The van der Waals surface area contributed by atoms with E-state index in [1.165, 1.54) is 11.0 Å². The number of fused-ring (bicyclic) bond motifs is 1. The lowest BCUT2D eigenvalue weighted by molar-refractivity contribution is 0.241. The second kappa shape index (κ2) is 6.14. The fourth-order valence-corrected chi connectivity index (χ4v) is 3.48. The molecule has 0 aromatic heterocycles. The summed E-state index contributed by atoms with van der Waals surface area (Å²) in [5.74, 6) is -0.233. The Balaban J connectivity index is 2.44. The molecule has 1 aromatic carbocycles. The fraction of sp³-hybridized carbons (Fsp3) is 0.500. The van der Waals surface area contributed by atoms with Crippen molar-refractivity contribution in [1.82, 2.24) is 4.90 Å². The molecule has 1 amide bonds. The molecule has 0 bridgehead atoms. The van der Waals surface area contributed by atoms with Gasteiger partial charge in [-0.2, -0.15) is 0 Å². The lowest BCUT2D eigenvalue weighted by Crippen LogP contribution is -2.16. The van der Waals surface area contributed by atoms with Gasteiger partial charge in [-0.05, 0) is 54.6 Å². The highest BCUT2D eigenvalue weighted by Crippen LogP contribution is 2.38. The molecule has 5 heteroatoms. The molecule has 0 N–H and O–H groups in total. The summed E-state index contributed by atoms with van der Waals surface area (Å²) in [5.41, 5.74) is 1.68. The smallest absolute Gasteiger partial charge is 0.285 e. The van der Waals surface area contributed by atoms with E-state index < -0.39 is 0 Å². The normalized spacial score (nSPS) is 14.7. The van der Waals surface area contributed by atoms with Gasteiger partial charge in [-0.1, -0.05) is 18.0 Å². The van der Waals surface area contributed by atoms with Crippen molar-refractivity contribution in [3.63, 3.8) is 0 Å². The van der Waals surface area contributed by atoms with E-state index in [4.69, 9.17) is 11.6 Å². The van der Waals surface area contributed by atoms with Gasteiger partial charge in [-0.25, -0.2) is 4.39 Å². The van der Waals surface area contributed by atoms with Gasteiger partial charge in [0.2, 0.25) is 0 Å². The molecule has 19 heavy (non-hydrogen) atoms. The zero-order valence-electron chi connectivity index (χ0n) is 11.1. The lowest BCUT2D eigenvalue weighted by atomic mass is 10.0. The number of thioether (sulfide) groups is 1. The third-order valence-corrected chi connectivity index (χ3v) is 4.93. The Kier molecular flexibility index (Phi) is 4.74. The van der Waals surface area contributed by atoms with Gasteiger partial charge < -0.3 is 4.90 Å². The number of benzene rings is 1. The molecule has 0 unspecified atom stereocenters. The summed E-state index contributed by atoms with van der Waals surface area (Å²) in [6.45, 7) is 0. The molecule has 0 atom stereocenters. The number of halogens is 2. The number of hydrogen-bond donors (Lipinski definition) is 0. The molecule has 0 saturated carbocycles. The summed E-state index contributed by atoms with van der Waals surface area (Å²) in [6, 6.07) is 1.34. The van der Waals surface area contributed by atoms with Gasteiger partial charge >= 0.3 is 0 Å². The molecular formula is C14H17ClFNOS. The minimum Gasteiger partial charge on any atom is -0.339 e. The summed E-state index contributed by atoms with van der Waals surface area (Å²) in [5, 5.41) is 0.262. The highest BCUT2D eigenvalue weighted by molar-refractivity contribution is 8.13. The first-order valence-electron chi connectivity index (χ1n) is 6.39. The Morgan fingerprint density at radius 2 is 1.89 bits per heavy atom. The molecule has 0 fully saturated rings. The maximum Gasteiger partial charge on any atom is 0.285 e. The Hall–Kier alpha value is -0.740. The summed E-state index contributed by atoms with van der Waals surface area (Å²) in [4.78, 5) is 14.1. The van der Waals surface area contributed by atoms with Gasteiger partial charge in [-0.3, -0.25) is 4.79 Å². The fourth-order valence-electron chi connectivity index (χ4n) is 2.29. The third kappa shape index (κ3) is 3.23. The molecule has 0 saturated heterocycles. The first kappa shape index (κ1) is 14.7. The van der Waals surface area contributed by atoms with E-state index >= 15 is 0 Å². The zero-order valence-corrected chi connectivity index (χ0v) is 12.7. The van der Waals surface area contributed by atoms with E-state index in [0.717, 1.165) is 59.9 Å². The summed E-state index contributed by atoms with van der Waals surface area (Å²) in [7, 11) is 3.40. The highest BCUT2D eigenvalue weighted by atomic mass is 35.5. The summed E-state index contributed by atoms with van der Waals surface area (Å²) >= 11 is 7.24. The van der Waals surface area contributed by atoms with Crippen LogP contribution in [0.15, 0.2) is 11.0 Å². The van der Waals surface area contributed by atoms with Crippen LogP contribution in [-0.4, -0.2) is 24.2 Å². The van der Waals surface area contributed by atoms with Gasteiger partial charge in [0, 0.05) is 19.0 Å². The predicted octanol–water partition coefficient (Wildman–Crippen LogP) is 4.52. The number of hydrogen-bond acceptors (Lipinski definition) is 2. The molecule has 0 aliphatic heterocycles. The molecule has 2 rings (SSSR count). The first-order chi connectivity index (χ1) is 9.00. The van der Waals surface area contributed by atoms with Gasteiger partial charge in [0.25, 0.3) is 5.24 Å². The Morgan fingerprint density at radius 3 is 2.53 bits per heavy atom. The molecular weight excluding hydrogens is 285 g/mol. The summed E-state index contributed by atoms with van der Waals surface area (Å²) in [6.07, 6.45) is 4.66. The maximum atomic E-state index is 14.0. The number of carbonyl (C=O) groups is 1. The van der Waals surface area contributed by atoms with E-state index in [9.17, 15) is 9.18 Å². The first-order valence-corrected chi connectivity index (χ1v) is 7.59. The predicted molar refractivity (Wildman–Crippen MR) is 77.6 cm³/mol. The highest BCUT2D eigenvalue weighted by Gasteiger charge is 2.22. The van der Waals surface area contributed by atoms with Crippen molar-refractivity contribution in [3.8, 4) is 0 Å². The number of amides is 1. The largest absolute Gasteiger partial charge is 0.339 e. The second-order valence-electron chi connectivity index (χ2n) is 4.95. The van der Waals surface area contributed by atoms with Crippen molar-refractivity contribution in [3.05, 3.63) is 28.0 Å². The van der Waals surface area contributed by atoms with Gasteiger partial charge in [0.05, 0.1) is 5.02 Å². The van der Waals surface area contributed by atoms with Gasteiger partial charge in [0.15, 0.2) is 0 Å². The van der Waals surface area contributed by atoms with E-state index in [2.05, 4.69) is 0 Å². The summed E-state index contributed by atoms with van der Waals surface area (Å²) < 4.78 is 14.0. The standard InChI is InChI=1S/C14H17ClFNOS/c1-17(2)14(18)19-13-10-7-5-3-4-6-9(10)12(16)8-11(13)15/h8H,3-7H2,1-2H3. The van der Waals surface area contributed by atoms with Crippen LogP contribution in [0.25, 0.3) is 0 Å². The third-order valence-electron chi connectivity index (χ3n) is 3.31. The topological polar surface area (TPSA) is 20.3 Å². The Bertz CT molecular complexity index is 505. The minimum atomic E-state index is -0.233. The van der Waals surface area contributed by atoms with Crippen LogP contribution in [0.4, 0.5) is 9.18 Å². The molecule has 0 heterocycles. The van der Waals surface area contributed by atoms with Gasteiger partial charge in [0.1, 0.15) is 5.82 Å². The van der Waals surface area contributed by atoms with E-state index in [-0.39, 0.29) is 11.1 Å². The average Bonchev–Trinajstić information content (AvgIpc) is 2.59. The monoisotopic (exact) mass is 301 g/mol. The van der Waals surface area contributed by atoms with Crippen molar-refractivity contribution in [2.45, 2.75) is 37.0 Å². The SMILES string of the molecule is CN(C)C(=O)Sc1c(Cl)cc(F)c2c1CCCCC2. The molecule has 1 aliphatic rings. The van der Waals surface area contributed by atoms with Crippen LogP contribution in [-0.2, 0) is 12.8 Å². The van der Waals surface area contributed by atoms with Crippen molar-refractivity contribution < 1.29 is 9.18 Å². The molecule has 0 spiro atoms. The molecule has 0 radical (unpaired) electrons. The van der Waals surface area contributed by atoms with Crippen LogP contribution in [0.2, 0.25) is 5.02 Å². The number of nitrogens with zero attached hydrogens (tertiary/aromatic N) is 1. The lowest BCUT2D eigenvalue weighted by Gasteiger charge is -2.16. The van der Waals surface area contributed by atoms with Crippen LogP contribution in [0.3, 0.4) is 0 Å². The van der Waals surface area contributed by atoms with Crippen molar-refractivity contribution >= 4 is 28.6 Å².